The van der Waals surface area contributed by atoms with Crippen LogP contribution in [-0.4, -0.2) is 66.3 Å². The molecule has 12 nitrogen and oxygen atoms in total. The zero-order chi connectivity index (χ0) is 17.0. The van der Waals surface area contributed by atoms with E-state index in [9.17, 15) is 26.2 Å². The first kappa shape index (κ1) is 19.3. The number of sulfonamides is 1. The number of hydrogen-bond acceptors (Lipinski definition) is 8. The molecular formula is C9H10N5NaO7S2. The first-order chi connectivity index (χ1) is 10.5. The van der Waals surface area contributed by atoms with Crippen LogP contribution in [0.5, 0.6) is 0 Å². The Hall–Kier alpha value is -1.000. The average molecular weight is 387 g/mol. The number of nitrogens with zero attached hydrogens (tertiary/aromatic N) is 4. The number of carbonyl (C=O) groups is 1. The Morgan fingerprint density at radius 3 is 2.54 bits per heavy atom. The Morgan fingerprint density at radius 2 is 2.00 bits per heavy atom. The van der Waals surface area contributed by atoms with E-state index in [0.717, 1.165) is 12.4 Å². The molecule has 3 heterocycles. The Bertz CT molecular complexity index is 908. The van der Waals surface area contributed by atoms with Gasteiger partial charge in [-0.2, -0.15) is 14.4 Å². The first-order valence-electron chi connectivity index (χ1n) is 6.07. The smallest absolute Gasteiger partial charge is 0.724 e. The van der Waals surface area contributed by atoms with Gasteiger partial charge in [-0.1, -0.05) is 0 Å². The zero-order valence-corrected chi connectivity index (χ0v) is 15.9. The quantitative estimate of drug-likeness (QED) is 0.304. The van der Waals surface area contributed by atoms with E-state index in [1.54, 1.807) is 0 Å². The van der Waals surface area contributed by atoms with Crippen LogP contribution in [0.25, 0.3) is 5.70 Å². The Kier molecular flexibility index (Phi) is 5.14. The Labute approximate surface area is 159 Å². The summed E-state index contributed by atoms with van der Waals surface area (Å²) in [7, 11) is -9.02. The maximum atomic E-state index is 12.0. The fourth-order valence-corrected chi connectivity index (χ4v) is 3.14. The van der Waals surface area contributed by atoms with Gasteiger partial charge in [0.25, 0.3) is 0 Å². The summed E-state index contributed by atoms with van der Waals surface area (Å²) in [5.41, 5.74) is 0.402. The monoisotopic (exact) mass is 387 g/mol. The third-order valence-electron chi connectivity index (χ3n) is 3.26. The molecule has 2 aliphatic heterocycles. The summed E-state index contributed by atoms with van der Waals surface area (Å²) in [6, 6.07) is -1.61. The maximum Gasteiger partial charge on any atom is 1.00 e. The third-order valence-corrected chi connectivity index (χ3v) is 4.47. The van der Waals surface area contributed by atoms with Crippen molar-refractivity contribution >= 4 is 32.2 Å². The molecule has 2 bridgehead atoms. The van der Waals surface area contributed by atoms with Crippen LogP contribution in [-0.2, 0) is 24.7 Å². The molecule has 1 aromatic heterocycles. The molecule has 0 aromatic carbocycles. The van der Waals surface area contributed by atoms with Gasteiger partial charge in [-0.05, 0) is 6.08 Å². The minimum absolute atomic E-state index is 0. The molecule has 1 aromatic rings. The van der Waals surface area contributed by atoms with E-state index in [1.165, 1.54) is 15.7 Å². The third kappa shape index (κ3) is 3.80. The summed E-state index contributed by atoms with van der Waals surface area (Å²) in [4.78, 5) is 13.0. The number of amides is 2. The van der Waals surface area contributed by atoms with Crippen molar-refractivity contribution in [3.63, 3.8) is 0 Å². The Morgan fingerprint density at radius 1 is 1.33 bits per heavy atom. The summed E-state index contributed by atoms with van der Waals surface area (Å²) < 4.78 is 59.8. The molecule has 1 unspecified atom stereocenters. The van der Waals surface area contributed by atoms with Gasteiger partial charge < -0.3 is 9.45 Å². The topological polar surface area (TPSA) is 168 Å². The number of fused-ring (bicyclic) bond motifs is 2. The van der Waals surface area contributed by atoms with E-state index >= 15 is 0 Å². The van der Waals surface area contributed by atoms with E-state index < -0.39 is 32.5 Å². The van der Waals surface area contributed by atoms with Gasteiger partial charge in [-0.25, -0.2) is 31.5 Å². The second kappa shape index (κ2) is 6.38. The molecule has 1 saturated heterocycles. The van der Waals surface area contributed by atoms with Gasteiger partial charge in [0.15, 0.2) is 0 Å². The fourth-order valence-electron chi connectivity index (χ4n) is 2.33. The van der Waals surface area contributed by atoms with Gasteiger partial charge in [0.2, 0.25) is 20.4 Å². The number of aromatic nitrogens is 2. The van der Waals surface area contributed by atoms with Crippen molar-refractivity contribution in [1.82, 2.24) is 19.7 Å². The number of nitrogens with two attached hydrogens (primary N) is 1. The number of hydrogen-bond donors (Lipinski definition) is 1. The van der Waals surface area contributed by atoms with Crippen LogP contribution in [0, 0.1) is 0 Å². The second-order valence-corrected chi connectivity index (χ2v) is 7.39. The van der Waals surface area contributed by atoms with Gasteiger partial charge in [-0.3, -0.25) is 0 Å². The Balaban J connectivity index is 0.00000208. The van der Waals surface area contributed by atoms with Crippen molar-refractivity contribution in [1.29, 1.82) is 0 Å². The van der Waals surface area contributed by atoms with Gasteiger partial charge in [-0.15, -0.1) is 0 Å². The summed E-state index contributed by atoms with van der Waals surface area (Å²) in [5.74, 6) is 0. The number of rotatable bonds is 4. The molecule has 2 N–H and O–H groups in total. The summed E-state index contributed by atoms with van der Waals surface area (Å²) in [6.07, 6.45) is 3.65. The second-order valence-electron chi connectivity index (χ2n) is 4.86. The molecule has 2 amide bonds. The van der Waals surface area contributed by atoms with E-state index in [2.05, 4.69) is 9.38 Å². The molecule has 0 aliphatic carbocycles. The zero-order valence-electron chi connectivity index (χ0n) is 12.3. The minimum Gasteiger partial charge on any atom is -0.724 e. The molecule has 3 rings (SSSR count). The van der Waals surface area contributed by atoms with Crippen LogP contribution in [0.15, 0.2) is 23.4 Å². The predicted molar refractivity (Wildman–Crippen MR) is 71.3 cm³/mol. The number of primary sulfonamides is 1. The van der Waals surface area contributed by atoms with Crippen molar-refractivity contribution in [2.75, 3.05) is 13.1 Å². The van der Waals surface area contributed by atoms with Crippen LogP contribution >= 0.6 is 0 Å². The first-order valence-corrected chi connectivity index (χ1v) is 8.95. The molecule has 126 valence electrons. The molecule has 24 heavy (non-hydrogen) atoms. The largest absolute Gasteiger partial charge is 1.00 e. The summed E-state index contributed by atoms with van der Waals surface area (Å²) in [5, 5.41) is 9.28. The normalized spacial score (nSPS) is 20.8. The molecule has 1 atom stereocenters. The van der Waals surface area contributed by atoms with Crippen LogP contribution < -0.4 is 34.7 Å². The van der Waals surface area contributed by atoms with Crippen LogP contribution in [0.3, 0.4) is 0 Å². The van der Waals surface area contributed by atoms with E-state index in [0.29, 0.717) is 10.8 Å². The van der Waals surface area contributed by atoms with E-state index in [-0.39, 0.29) is 47.5 Å². The van der Waals surface area contributed by atoms with Crippen molar-refractivity contribution in [2.45, 2.75) is 10.9 Å². The van der Waals surface area contributed by atoms with Gasteiger partial charge >= 0.3 is 35.6 Å². The van der Waals surface area contributed by atoms with Gasteiger partial charge in [0, 0.05) is 6.54 Å². The SMILES string of the molecule is NS(=O)(=O)c1cnn(C2=CC3CN(C2)C(=O)N3OS(=O)(=O)[O-])c1.[Na+]. The van der Waals surface area contributed by atoms with Gasteiger partial charge in [0.1, 0.15) is 10.9 Å². The van der Waals surface area contributed by atoms with Gasteiger partial charge in [0.05, 0.1) is 24.6 Å². The molecule has 15 heteroatoms. The standard InChI is InChI=1S/C9H11N5O7S2.Na/c10-22(16,17)8-2-11-13(5-8)6-1-7-4-12(3-6)9(15)14(7)21-23(18,19)20;/h1-2,5,7H,3-4H2,(H2,10,16,17)(H,18,19,20);/q;+1/p-1. The number of urea groups is 1. The van der Waals surface area contributed by atoms with Crippen molar-refractivity contribution < 1.29 is 60.0 Å². The molecule has 0 spiro atoms. The maximum absolute atomic E-state index is 12.0. The van der Waals surface area contributed by atoms with Crippen LogP contribution in [0.1, 0.15) is 0 Å². The van der Waals surface area contributed by atoms with E-state index in [1.807, 2.05) is 0 Å². The molecule has 0 saturated carbocycles. The average Bonchev–Trinajstić information content (AvgIpc) is 2.98. The van der Waals surface area contributed by atoms with E-state index in [4.69, 9.17) is 5.14 Å². The fraction of sp³-hybridized carbons (Fsp3) is 0.333. The number of carbonyl (C=O) groups excluding carboxylic acids is 1. The van der Waals surface area contributed by atoms with Crippen LogP contribution in [0.2, 0.25) is 0 Å². The molecule has 0 radical (unpaired) electrons. The van der Waals surface area contributed by atoms with Crippen molar-refractivity contribution in [2.24, 2.45) is 5.14 Å². The predicted octanol–water partition coefficient (Wildman–Crippen LogP) is -5.11. The molecule has 2 aliphatic rings. The van der Waals surface area contributed by atoms with Crippen molar-refractivity contribution in [3.8, 4) is 0 Å². The molecule has 1 fully saturated rings. The van der Waals surface area contributed by atoms with Crippen molar-refractivity contribution in [3.05, 3.63) is 18.5 Å². The summed E-state index contributed by atoms with van der Waals surface area (Å²) >= 11 is 0. The molecular weight excluding hydrogens is 377 g/mol. The summed E-state index contributed by atoms with van der Waals surface area (Å²) in [6.45, 7) is 0.154. The van der Waals surface area contributed by atoms with Crippen LogP contribution in [0.4, 0.5) is 4.79 Å². The number of hydroxylamine groups is 2. The minimum atomic E-state index is -5.10.